The van der Waals surface area contributed by atoms with E-state index in [-0.39, 0.29) is 11.5 Å². The zero-order valence-corrected chi connectivity index (χ0v) is 17.8. The number of hydrogen-bond acceptors (Lipinski definition) is 4. The van der Waals surface area contributed by atoms with Gasteiger partial charge < -0.3 is 10.2 Å². The van der Waals surface area contributed by atoms with Crippen LogP contribution in [0.5, 0.6) is 0 Å². The number of quaternary nitrogens is 1. The second kappa shape index (κ2) is 9.71. The number of para-hydroxylation sites is 2. The van der Waals surface area contributed by atoms with Crippen molar-refractivity contribution in [3.05, 3.63) is 65.0 Å². The van der Waals surface area contributed by atoms with Gasteiger partial charge in [0.25, 0.3) is 5.56 Å². The topological polar surface area (TPSA) is 68.4 Å². The van der Waals surface area contributed by atoms with Crippen LogP contribution in [-0.2, 0) is 11.3 Å². The van der Waals surface area contributed by atoms with Crippen molar-refractivity contribution < 1.29 is 9.69 Å². The Balaban J connectivity index is 1.85. The summed E-state index contributed by atoms with van der Waals surface area (Å²) >= 11 is 1.32. The van der Waals surface area contributed by atoms with Crippen LogP contribution in [0.4, 0.5) is 5.69 Å². The third-order valence-electron chi connectivity index (χ3n) is 4.58. The van der Waals surface area contributed by atoms with Crippen molar-refractivity contribution in [2.45, 2.75) is 30.3 Å². The first kappa shape index (κ1) is 21.1. The molecule has 0 aliphatic carbocycles. The molecular formula is C22H27N4O2S+. The molecule has 6 nitrogen and oxygen atoms in total. The quantitative estimate of drug-likeness (QED) is 0.440. The Morgan fingerprint density at radius 1 is 1.14 bits per heavy atom. The lowest BCUT2D eigenvalue weighted by Crippen LogP contribution is -3.05. The second-order valence-electron chi connectivity index (χ2n) is 7.29. The highest BCUT2D eigenvalue weighted by Gasteiger charge is 2.19. The van der Waals surface area contributed by atoms with E-state index in [2.05, 4.69) is 19.4 Å². The molecule has 7 heteroatoms. The molecule has 3 rings (SSSR count). The van der Waals surface area contributed by atoms with Crippen LogP contribution in [0, 0.1) is 0 Å². The molecule has 29 heavy (non-hydrogen) atoms. The van der Waals surface area contributed by atoms with Gasteiger partial charge in [0.1, 0.15) is 0 Å². The van der Waals surface area contributed by atoms with Gasteiger partial charge in [-0.1, -0.05) is 42.1 Å². The van der Waals surface area contributed by atoms with E-state index in [0.29, 0.717) is 22.6 Å². The molecule has 2 N–H and O–H groups in total. The number of carbonyl (C=O) groups is 1. The zero-order chi connectivity index (χ0) is 20.8. The highest BCUT2D eigenvalue weighted by Crippen LogP contribution is 2.23. The van der Waals surface area contributed by atoms with E-state index in [4.69, 9.17) is 4.98 Å². The number of anilines is 1. The van der Waals surface area contributed by atoms with Crippen LogP contribution < -0.4 is 15.8 Å². The first-order valence-corrected chi connectivity index (χ1v) is 10.6. The number of nitrogens with one attached hydrogen (secondary N) is 2. The standard InChI is InChI=1S/C22H26N4O2S/c1-16(20(27)23-17-10-5-4-6-11-17)29-22-24-19-13-8-7-12-18(19)21(28)26(22)15-9-14-25(2)3/h4-8,10-13,16H,9,14-15H2,1-3H3,(H,23,27)/p+1/t16-/m1/s1. The van der Waals surface area contributed by atoms with Gasteiger partial charge in [-0.15, -0.1) is 0 Å². The van der Waals surface area contributed by atoms with Crippen molar-refractivity contribution >= 4 is 34.3 Å². The highest BCUT2D eigenvalue weighted by atomic mass is 32.2. The molecule has 0 radical (unpaired) electrons. The summed E-state index contributed by atoms with van der Waals surface area (Å²) in [5.74, 6) is -0.118. The predicted molar refractivity (Wildman–Crippen MR) is 119 cm³/mol. The zero-order valence-electron chi connectivity index (χ0n) is 17.0. The molecule has 0 saturated heterocycles. The van der Waals surface area contributed by atoms with Crippen LogP contribution in [0.25, 0.3) is 10.9 Å². The lowest BCUT2D eigenvalue weighted by molar-refractivity contribution is -0.858. The number of rotatable bonds is 8. The highest BCUT2D eigenvalue weighted by molar-refractivity contribution is 8.00. The molecule has 1 amide bonds. The summed E-state index contributed by atoms with van der Waals surface area (Å²) in [4.78, 5) is 31.7. The minimum absolute atomic E-state index is 0.0532. The van der Waals surface area contributed by atoms with Gasteiger partial charge in [0.15, 0.2) is 5.16 Å². The number of amides is 1. The summed E-state index contributed by atoms with van der Waals surface area (Å²) in [5.41, 5.74) is 1.36. The predicted octanol–water partition coefficient (Wildman–Crippen LogP) is 2.05. The van der Waals surface area contributed by atoms with Gasteiger partial charge in [0.2, 0.25) is 5.91 Å². The molecule has 1 heterocycles. The molecule has 0 fully saturated rings. The van der Waals surface area contributed by atoms with Crippen molar-refractivity contribution in [2.24, 2.45) is 0 Å². The number of aromatic nitrogens is 2. The Labute approximate surface area is 174 Å². The van der Waals surface area contributed by atoms with Gasteiger partial charge >= 0.3 is 0 Å². The molecule has 0 spiro atoms. The van der Waals surface area contributed by atoms with E-state index < -0.39 is 5.25 Å². The van der Waals surface area contributed by atoms with Crippen molar-refractivity contribution in [3.63, 3.8) is 0 Å². The number of thioether (sulfide) groups is 1. The SMILES string of the molecule is C[C@@H](Sc1nc2ccccc2c(=O)n1CCC[NH+](C)C)C(=O)Nc1ccccc1. The summed E-state index contributed by atoms with van der Waals surface area (Å²) in [7, 11) is 4.18. The van der Waals surface area contributed by atoms with E-state index in [1.165, 1.54) is 16.7 Å². The van der Waals surface area contributed by atoms with E-state index in [0.717, 1.165) is 18.7 Å². The first-order chi connectivity index (χ1) is 14.0. The monoisotopic (exact) mass is 411 g/mol. The molecule has 1 atom stereocenters. The molecule has 152 valence electrons. The van der Waals surface area contributed by atoms with Gasteiger partial charge in [-0.3, -0.25) is 14.2 Å². The summed E-state index contributed by atoms with van der Waals surface area (Å²) in [6.45, 7) is 3.36. The molecule has 1 aromatic heterocycles. The Morgan fingerprint density at radius 3 is 2.55 bits per heavy atom. The fourth-order valence-corrected chi connectivity index (χ4v) is 3.94. The smallest absolute Gasteiger partial charge is 0.262 e. The molecule has 0 bridgehead atoms. The molecule has 0 aliphatic heterocycles. The normalized spacial score (nSPS) is 12.3. The summed E-state index contributed by atoms with van der Waals surface area (Å²) in [6, 6.07) is 16.7. The Bertz CT molecular complexity index is 1030. The van der Waals surface area contributed by atoms with E-state index in [1.807, 2.05) is 55.5 Å². The Hall–Kier alpha value is -2.64. The molecule has 3 aromatic rings. The van der Waals surface area contributed by atoms with Crippen LogP contribution in [0.15, 0.2) is 64.5 Å². The number of fused-ring (bicyclic) bond motifs is 1. The van der Waals surface area contributed by atoms with Gasteiger partial charge in [-0.2, -0.15) is 0 Å². The van der Waals surface area contributed by atoms with Gasteiger partial charge in [0.05, 0.1) is 36.8 Å². The van der Waals surface area contributed by atoms with Gasteiger partial charge in [-0.05, 0) is 31.2 Å². The van der Waals surface area contributed by atoms with E-state index in [1.54, 1.807) is 10.6 Å². The minimum Gasteiger partial charge on any atom is -0.340 e. The second-order valence-corrected chi connectivity index (χ2v) is 8.60. The lowest BCUT2D eigenvalue weighted by atomic mass is 10.2. The number of hydrogen-bond donors (Lipinski definition) is 2. The molecular weight excluding hydrogens is 384 g/mol. The minimum atomic E-state index is -0.394. The van der Waals surface area contributed by atoms with Crippen LogP contribution in [-0.4, -0.2) is 41.3 Å². The van der Waals surface area contributed by atoms with Crippen LogP contribution in [0.1, 0.15) is 13.3 Å². The maximum atomic E-state index is 13.1. The Kier molecular flexibility index (Phi) is 7.06. The lowest BCUT2D eigenvalue weighted by Gasteiger charge is -2.17. The van der Waals surface area contributed by atoms with Gasteiger partial charge in [-0.25, -0.2) is 4.98 Å². The first-order valence-electron chi connectivity index (χ1n) is 9.77. The van der Waals surface area contributed by atoms with Crippen LogP contribution in [0.2, 0.25) is 0 Å². The molecule has 0 aliphatic rings. The van der Waals surface area contributed by atoms with Crippen LogP contribution in [0.3, 0.4) is 0 Å². The van der Waals surface area contributed by atoms with E-state index in [9.17, 15) is 9.59 Å². The van der Waals surface area contributed by atoms with Crippen LogP contribution >= 0.6 is 11.8 Å². The maximum Gasteiger partial charge on any atom is 0.262 e. The number of benzene rings is 2. The van der Waals surface area contributed by atoms with Crippen molar-refractivity contribution in [1.29, 1.82) is 0 Å². The van der Waals surface area contributed by atoms with Crippen molar-refractivity contribution in [1.82, 2.24) is 9.55 Å². The summed E-state index contributed by atoms with van der Waals surface area (Å²) in [6.07, 6.45) is 0.862. The third-order valence-corrected chi connectivity index (χ3v) is 5.67. The summed E-state index contributed by atoms with van der Waals surface area (Å²) in [5, 5.41) is 3.71. The maximum absolute atomic E-state index is 13.1. The van der Waals surface area contributed by atoms with Gasteiger partial charge in [0, 0.05) is 18.7 Å². The fourth-order valence-electron chi connectivity index (χ4n) is 3.00. The average Bonchev–Trinajstić information content (AvgIpc) is 2.70. The third kappa shape index (κ3) is 5.46. The average molecular weight is 412 g/mol. The number of nitrogens with zero attached hydrogens (tertiary/aromatic N) is 2. The van der Waals surface area contributed by atoms with Crippen molar-refractivity contribution in [2.75, 3.05) is 26.0 Å². The molecule has 2 aromatic carbocycles. The molecule has 0 saturated carbocycles. The van der Waals surface area contributed by atoms with Crippen molar-refractivity contribution in [3.8, 4) is 0 Å². The van der Waals surface area contributed by atoms with E-state index >= 15 is 0 Å². The summed E-state index contributed by atoms with van der Waals surface area (Å²) < 4.78 is 1.71. The molecule has 0 unspecified atom stereocenters. The number of carbonyl (C=O) groups excluding carboxylic acids is 1. The Morgan fingerprint density at radius 2 is 1.83 bits per heavy atom. The largest absolute Gasteiger partial charge is 0.340 e. The fraction of sp³-hybridized carbons (Fsp3) is 0.318.